The van der Waals surface area contributed by atoms with Gasteiger partial charge in [0.25, 0.3) is 0 Å². The summed E-state index contributed by atoms with van der Waals surface area (Å²) in [6.45, 7) is 1.15. The van der Waals surface area contributed by atoms with Crippen molar-refractivity contribution < 1.29 is 0 Å². The highest BCUT2D eigenvalue weighted by atomic mass is 35.5. The highest BCUT2D eigenvalue weighted by Gasteiger charge is 2.04. The van der Waals surface area contributed by atoms with E-state index in [1.165, 1.54) is 0 Å². The molecule has 0 bridgehead atoms. The summed E-state index contributed by atoms with van der Waals surface area (Å²) >= 11 is 12.1. The Hall–Kier alpha value is -2.57. The van der Waals surface area contributed by atoms with Gasteiger partial charge in [-0.1, -0.05) is 35.3 Å². The van der Waals surface area contributed by atoms with Crippen LogP contribution in [0.3, 0.4) is 0 Å². The average molecular weight is 389 g/mol. The second kappa shape index (κ2) is 8.69. The molecule has 8 heteroatoms. The number of pyridine rings is 1. The molecule has 0 amide bonds. The van der Waals surface area contributed by atoms with E-state index < -0.39 is 0 Å². The molecule has 0 spiro atoms. The highest BCUT2D eigenvalue weighted by Crippen LogP contribution is 2.20. The largest absolute Gasteiger partial charge is 0.352 e. The molecule has 1 aromatic carbocycles. The van der Waals surface area contributed by atoms with Crippen LogP contribution in [0.2, 0.25) is 10.0 Å². The molecule has 0 aliphatic rings. The molecular formula is C18H18Cl2N6. The fraction of sp³-hybridized carbons (Fsp3) is 0.167. The highest BCUT2D eigenvalue weighted by molar-refractivity contribution is 6.35. The van der Waals surface area contributed by atoms with E-state index in [1.54, 1.807) is 25.6 Å². The van der Waals surface area contributed by atoms with E-state index in [0.717, 1.165) is 16.9 Å². The predicted octanol–water partition coefficient (Wildman–Crippen LogP) is 3.44. The van der Waals surface area contributed by atoms with Crippen LogP contribution in [-0.2, 0) is 13.1 Å². The van der Waals surface area contributed by atoms with E-state index in [9.17, 15) is 0 Å². The number of hydrogen-bond acceptors (Lipinski definition) is 3. The molecule has 0 unspecified atom stereocenters. The Morgan fingerprint density at radius 3 is 2.65 bits per heavy atom. The van der Waals surface area contributed by atoms with Crippen molar-refractivity contribution in [1.29, 1.82) is 0 Å². The molecule has 134 valence electrons. The molecule has 2 N–H and O–H groups in total. The Kier molecular flexibility index (Phi) is 6.09. The van der Waals surface area contributed by atoms with Crippen molar-refractivity contribution in [2.75, 3.05) is 7.05 Å². The molecule has 0 aliphatic heterocycles. The molecular weight excluding hydrogens is 371 g/mol. The fourth-order valence-electron chi connectivity index (χ4n) is 2.32. The van der Waals surface area contributed by atoms with Crippen LogP contribution < -0.4 is 10.6 Å². The van der Waals surface area contributed by atoms with Gasteiger partial charge in [0.05, 0.1) is 0 Å². The smallest absolute Gasteiger partial charge is 0.191 e. The first-order valence-corrected chi connectivity index (χ1v) is 8.73. The van der Waals surface area contributed by atoms with Crippen LogP contribution in [0.5, 0.6) is 0 Å². The molecule has 2 heterocycles. The first kappa shape index (κ1) is 18.2. The van der Waals surface area contributed by atoms with Crippen molar-refractivity contribution >= 4 is 29.2 Å². The summed E-state index contributed by atoms with van der Waals surface area (Å²) in [6.07, 6.45) is 7.12. The Labute approximate surface area is 161 Å². The number of halogens is 2. The molecule has 0 fully saturated rings. The first-order valence-electron chi connectivity index (χ1n) is 7.97. The fourth-order valence-corrected chi connectivity index (χ4v) is 2.79. The van der Waals surface area contributed by atoms with Crippen molar-refractivity contribution in [1.82, 2.24) is 25.2 Å². The van der Waals surface area contributed by atoms with Gasteiger partial charge in [-0.05, 0) is 29.3 Å². The van der Waals surface area contributed by atoms with E-state index in [4.69, 9.17) is 23.2 Å². The lowest BCUT2D eigenvalue weighted by atomic mass is 10.2. The van der Waals surface area contributed by atoms with Gasteiger partial charge in [0.1, 0.15) is 12.1 Å². The number of aromatic nitrogens is 3. The van der Waals surface area contributed by atoms with Crippen LogP contribution in [-0.4, -0.2) is 27.5 Å². The minimum Gasteiger partial charge on any atom is -0.352 e. The molecule has 0 saturated heterocycles. The quantitative estimate of drug-likeness (QED) is 0.518. The van der Waals surface area contributed by atoms with Gasteiger partial charge in [-0.2, -0.15) is 0 Å². The van der Waals surface area contributed by atoms with Crippen molar-refractivity contribution in [2.45, 2.75) is 13.1 Å². The maximum atomic E-state index is 6.19. The Morgan fingerprint density at radius 2 is 2.00 bits per heavy atom. The number of rotatable bonds is 5. The Morgan fingerprint density at radius 1 is 1.15 bits per heavy atom. The van der Waals surface area contributed by atoms with Gasteiger partial charge in [0.2, 0.25) is 0 Å². The minimum absolute atomic E-state index is 0.549. The van der Waals surface area contributed by atoms with Gasteiger partial charge >= 0.3 is 0 Å². The zero-order chi connectivity index (χ0) is 18.4. The Bertz CT molecular complexity index is 875. The first-order chi connectivity index (χ1) is 12.7. The number of nitrogens with zero attached hydrogens (tertiary/aromatic N) is 4. The summed E-state index contributed by atoms with van der Waals surface area (Å²) in [7, 11) is 1.72. The lowest BCUT2D eigenvalue weighted by molar-refractivity contribution is 0.805. The zero-order valence-corrected chi connectivity index (χ0v) is 15.7. The molecule has 26 heavy (non-hydrogen) atoms. The number of aliphatic imine (C=N–C) groups is 1. The third-order valence-corrected chi connectivity index (χ3v) is 4.31. The molecule has 0 radical (unpaired) electrons. The second-order valence-electron chi connectivity index (χ2n) is 5.51. The number of hydrogen-bond donors (Lipinski definition) is 2. The normalized spacial score (nSPS) is 11.4. The van der Waals surface area contributed by atoms with E-state index in [-0.39, 0.29) is 0 Å². The van der Waals surface area contributed by atoms with Crippen LogP contribution >= 0.6 is 23.2 Å². The maximum absolute atomic E-state index is 6.19. The standard InChI is InChI=1S/C18H18Cl2N6/c1-21-18(25-11-14-3-4-15(19)8-16(14)20)24-10-13-2-5-17(23-9-13)26-7-6-22-12-26/h2-9,12H,10-11H2,1H3,(H2,21,24,25). The van der Waals surface area contributed by atoms with Crippen molar-refractivity contribution in [2.24, 2.45) is 4.99 Å². The van der Waals surface area contributed by atoms with Gasteiger partial charge in [-0.15, -0.1) is 0 Å². The van der Waals surface area contributed by atoms with Crippen molar-refractivity contribution in [3.8, 4) is 5.82 Å². The summed E-state index contributed by atoms with van der Waals surface area (Å²) in [5.74, 6) is 1.50. The van der Waals surface area contributed by atoms with Crippen LogP contribution in [0.15, 0.2) is 60.2 Å². The molecule has 0 aliphatic carbocycles. The van der Waals surface area contributed by atoms with E-state index in [2.05, 4.69) is 25.6 Å². The Balaban J connectivity index is 1.54. The SMILES string of the molecule is CN=C(NCc1ccc(-n2ccnc2)nc1)NCc1ccc(Cl)cc1Cl. The number of nitrogens with one attached hydrogen (secondary N) is 2. The van der Waals surface area contributed by atoms with Gasteiger partial charge in [0.15, 0.2) is 5.96 Å². The van der Waals surface area contributed by atoms with Gasteiger partial charge in [-0.3, -0.25) is 9.56 Å². The summed E-state index contributed by atoms with van der Waals surface area (Å²) in [4.78, 5) is 12.7. The van der Waals surface area contributed by atoms with Crippen molar-refractivity contribution in [3.63, 3.8) is 0 Å². The van der Waals surface area contributed by atoms with E-state index in [1.807, 2.05) is 41.2 Å². The third-order valence-electron chi connectivity index (χ3n) is 3.72. The topological polar surface area (TPSA) is 67.1 Å². The van der Waals surface area contributed by atoms with Crippen LogP contribution in [0.1, 0.15) is 11.1 Å². The van der Waals surface area contributed by atoms with Crippen LogP contribution in [0, 0.1) is 0 Å². The molecule has 2 aromatic heterocycles. The van der Waals surface area contributed by atoms with E-state index in [0.29, 0.717) is 29.1 Å². The number of benzene rings is 1. The maximum Gasteiger partial charge on any atom is 0.191 e. The molecule has 0 atom stereocenters. The second-order valence-corrected chi connectivity index (χ2v) is 6.35. The third kappa shape index (κ3) is 4.74. The van der Waals surface area contributed by atoms with Gasteiger partial charge in [0, 0.05) is 48.8 Å². The molecule has 3 rings (SSSR count). The number of imidazole rings is 1. The summed E-state index contributed by atoms with van der Waals surface area (Å²) in [6, 6.07) is 9.39. The van der Waals surface area contributed by atoms with Crippen LogP contribution in [0.25, 0.3) is 5.82 Å². The summed E-state index contributed by atoms with van der Waals surface area (Å²) < 4.78 is 1.85. The predicted molar refractivity (Wildman–Crippen MR) is 105 cm³/mol. The molecule has 0 saturated carbocycles. The number of guanidine groups is 1. The van der Waals surface area contributed by atoms with Gasteiger partial charge in [-0.25, -0.2) is 9.97 Å². The zero-order valence-electron chi connectivity index (χ0n) is 14.2. The molecule has 6 nitrogen and oxygen atoms in total. The lowest BCUT2D eigenvalue weighted by Crippen LogP contribution is -2.36. The lowest BCUT2D eigenvalue weighted by Gasteiger charge is -2.13. The monoisotopic (exact) mass is 388 g/mol. The summed E-state index contributed by atoms with van der Waals surface area (Å²) in [5.41, 5.74) is 1.99. The van der Waals surface area contributed by atoms with Crippen LogP contribution in [0.4, 0.5) is 0 Å². The van der Waals surface area contributed by atoms with Gasteiger partial charge < -0.3 is 10.6 Å². The van der Waals surface area contributed by atoms with E-state index >= 15 is 0 Å². The minimum atomic E-state index is 0.549. The summed E-state index contributed by atoms with van der Waals surface area (Å²) in [5, 5.41) is 7.72. The van der Waals surface area contributed by atoms with Crippen molar-refractivity contribution in [3.05, 3.63) is 76.4 Å². The molecule has 3 aromatic rings. The average Bonchev–Trinajstić information content (AvgIpc) is 3.18.